The molecule has 5 heteroatoms. The molecule has 1 radical (unpaired) electrons. The lowest BCUT2D eigenvalue weighted by molar-refractivity contribution is -0.137. The van der Waals surface area contributed by atoms with Gasteiger partial charge in [-0.1, -0.05) is 24.3 Å². The third kappa shape index (κ3) is 2.81. The van der Waals surface area contributed by atoms with Gasteiger partial charge in [-0.3, -0.25) is 0 Å². The first-order chi connectivity index (χ1) is 10.8. The highest BCUT2D eigenvalue weighted by Gasteiger charge is 2.34. The Balaban J connectivity index is 2.00. The zero-order chi connectivity index (χ0) is 16.8. The molecule has 0 saturated heterocycles. The minimum atomic E-state index is -4.40. The first-order valence-corrected chi connectivity index (χ1v) is 7.38. The number of nitrogens with zero attached hydrogens (tertiary/aromatic N) is 1. The molecular weight excluding hydrogens is 303 g/mol. The van der Waals surface area contributed by atoms with Gasteiger partial charge >= 0.3 is 6.18 Å². The molecule has 0 aliphatic heterocycles. The van der Waals surface area contributed by atoms with Gasteiger partial charge in [-0.05, 0) is 41.8 Å². The van der Waals surface area contributed by atoms with Crippen LogP contribution < -0.4 is 4.90 Å². The van der Waals surface area contributed by atoms with Gasteiger partial charge < -0.3 is 10.0 Å². The number of aliphatic hydroxyl groups excluding tert-OH is 1. The normalized spacial score (nSPS) is 20.4. The monoisotopic (exact) mass is 320 g/mol. The third-order valence-corrected chi connectivity index (χ3v) is 4.46. The second-order valence-corrected chi connectivity index (χ2v) is 5.90. The van der Waals surface area contributed by atoms with Gasteiger partial charge in [-0.15, -0.1) is 0 Å². The maximum atomic E-state index is 13.0. The Kier molecular flexibility index (Phi) is 3.84. The molecule has 0 aromatic heterocycles. The number of anilines is 1. The summed E-state index contributed by atoms with van der Waals surface area (Å²) in [4.78, 5) is 1.80. The van der Waals surface area contributed by atoms with Crippen LogP contribution in [0.5, 0.6) is 0 Å². The quantitative estimate of drug-likeness (QED) is 0.885. The molecule has 0 heterocycles. The van der Waals surface area contributed by atoms with Gasteiger partial charge in [0.05, 0.1) is 17.7 Å². The molecule has 1 aliphatic carbocycles. The molecule has 2 atom stereocenters. The van der Waals surface area contributed by atoms with Crippen molar-refractivity contribution < 1.29 is 18.3 Å². The van der Waals surface area contributed by atoms with Crippen LogP contribution in [0.3, 0.4) is 0 Å². The van der Waals surface area contributed by atoms with Crippen LogP contribution in [-0.2, 0) is 6.18 Å². The van der Waals surface area contributed by atoms with Crippen LogP contribution >= 0.6 is 0 Å². The number of hydrogen-bond acceptors (Lipinski definition) is 2. The topological polar surface area (TPSA) is 23.5 Å². The zero-order valence-electron chi connectivity index (χ0n) is 12.9. The number of benzene rings is 2. The second-order valence-electron chi connectivity index (χ2n) is 5.90. The zero-order valence-corrected chi connectivity index (χ0v) is 12.9. The summed E-state index contributed by atoms with van der Waals surface area (Å²) in [5.74, 6) is 0. The molecule has 0 fully saturated rings. The average molecular weight is 320 g/mol. The van der Waals surface area contributed by atoms with Crippen molar-refractivity contribution in [1.29, 1.82) is 0 Å². The van der Waals surface area contributed by atoms with Crippen molar-refractivity contribution in [3.63, 3.8) is 0 Å². The molecule has 2 nitrogen and oxygen atoms in total. The lowest BCUT2D eigenvalue weighted by Gasteiger charge is -2.29. The number of rotatable bonds is 2. The highest BCUT2D eigenvalue weighted by Crippen LogP contribution is 2.44. The van der Waals surface area contributed by atoms with E-state index >= 15 is 0 Å². The van der Waals surface area contributed by atoms with Crippen LogP contribution in [0.2, 0.25) is 0 Å². The standard InChI is InChI=1S/C18H17F3NO/c1-11-7-8-12(18(19,20)21)9-15(11)22(2)16-10-17(23)14-6-4-3-5-13(14)16/h3-6,8-9,16-17,23H,10H2,1-2H3. The molecule has 2 unspecified atom stereocenters. The van der Waals surface area contributed by atoms with Crippen LogP contribution in [0.4, 0.5) is 18.9 Å². The number of alkyl halides is 3. The average Bonchev–Trinajstić information content (AvgIpc) is 2.84. The molecule has 0 bridgehead atoms. The Labute approximate surface area is 133 Å². The van der Waals surface area contributed by atoms with E-state index in [9.17, 15) is 18.3 Å². The first-order valence-electron chi connectivity index (χ1n) is 7.38. The Morgan fingerprint density at radius 3 is 2.52 bits per heavy atom. The van der Waals surface area contributed by atoms with Gasteiger partial charge in [-0.2, -0.15) is 13.2 Å². The summed E-state index contributed by atoms with van der Waals surface area (Å²) in [6, 6.07) is 12.2. The lowest BCUT2D eigenvalue weighted by Crippen LogP contribution is -2.24. The highest BCUT2D eigenvalue weighted by molar-refractivity contribution is 5.57. The minimum Gasteiger partial charge on any atom is -0.388 e. The number of halogens is 3. The van der Waals surface area contributed by atoms with Crippen molar-refractivity contribution in [1.82, 2.24) is 0 Å². The largest absolute Gasteiger partial charge is 0.416 e. The summed E-state index contributed by atoms with van der Waals surface area (Å²) in [5, 5.41) is 10.2. The highest BCUT2D eigenvalue weighted by atomic mass is 19.4. The molecule has 1 N–H and O–H groups in total. The van der Waals surface area contributed by atoms with Crippen LogP contribution in [0, 0.1) is 13.0 Å². The SMILES string of the molecule is Cc1[c]cc(C(F)(F)F)cc1N(C)C1CC(O)c2ccccc21. The number of hydrogen-bond donors (Lipinski definition) is 1. The Bertz CT molecular complexity index is 726. The number of aliphatic hydroxyl groups is 1. The van der Waals surface area contributed by atoms with Crippen molar-refractivity contribution in [2.75, 3.05) is 11.9 Å². The fourth-order valence-corrected chi connectivity index (χ4v) is 3.21. The predicted octanol–water partition coefficient (Wildman–Crippen LogP) is 4.43. The first kappa shape index (κ1) is 15.9. The fourth-order valence-electron chi connectivity index (χ4n) is 3.21. The van der Waals surface area contributed by atoms with Crippen LogP contribution in [0.1, 0.15) is 40.8 Å². The molecule has 0 spiro atoms. The van der Waals surface area contributed by atoms with Crippen molar-refractivity contribution in [3.05, 3.63) is 64.7 Å². The van der Waals surface area contributed by atoms with Crippen molar-refractivity contribution >= 4 is 5.69 Å². The minimum absolute atomic E-state index is 0.156. The second kappa shape index (κ2) is 5.57. The van der Waals surface area contributed by atoms with E-state index in [1.54, 1.807) is 18.9 Å². The summed E-state index contributed by atoms with van der Waals surface area (Å²) in [5.41, 5.74) is 2.22. The van der Waals surface area contributed by atoms with Crippen LogP contribution in [-0.4, -0.2) is 12.2 Å². The van der Waals surface area contributed by atoms with E-state index in [0.29, 0.717) is 17.7 Å². The number of aryl methyl sites for hydroxylation is 1. The Morgan fingerprint density at radius 1 is 1.22 bits per heavy atom. The molecule has 2 aromatic carbocycles. The van der Waals surface area contributed by atoms with Gasteiger partial charge in [0, 0.05) is 19.2 Å². The van der Waals surface area contributed by atoms with Crippen LogP contribution in [0.25, 0.3) is 0 Å². The maximum absolute atomic E-state index is 13.0. The van der Waals surface area contributed by atoms with Gasteiger partial charge in [0.2, 0.25) is 0 Å². The summed E-state index contributed by atoms with van der Waals surface area (Å²) in [6.07, 6.45) is -4.52. The summed E-state index contributed by atoms with van der Waals surface area (Å²) in [7, 11) is 1.76. The molecule has 3 rings (SSSR count). The van der Waals surface area contributed by atoms with E-state index in [1.165, 1.54) is 0 Å². The van der Waals surface area contributed by atoms with E-state index in [0.717, 1.165) is 23.3 Å². The predicted molar refractivity (Wildman–Crippen MR) is 82.2 cm³/mol. The Hall–Kier alpha value is -2.01. The van der Waals surface area contributed by atoms with E-state index < -0.39 is 17.8 Å². The van der Waals surface area contributed by atoms with E-state index in [4.69, 9.17) is 0 Å². The van der Waals surface area contributed by atoms with E-state index in [2.05, 4.69) is 6.07 Å². The molecule has 121 valence electrons. The molecule has 0 amide bonds. The maximum Gasteiger partial charge on any atom is 0.416 e. The molecule has 1 aliphatic rings. The molecule has 0 saturated carbocycles. The summed E-state index contributed by atoms with van der Waals surface area (Å²) >= 11 is 0. The summed E-state index contributed by atoms with van der Waals surface area (Å²) in [6.45, 7) is 1.74. The van der Waals surface area contributed by atoms with Crippen molar-refractivity contribution in [3.8, 4) is 0 Å². The third-order valence-electron chi connectivity index (χ3n) is 4.46. The van der Waals surface area contributed by atoms with Gasteiger partial charge in [0.15, 0.2) is 0 Å². The van der Waals surface area contributed by atoms with Gasteiger partial charge in [0.1, 0.15) is 0 Å². The van der Waals surface area contributed by atoms with E-state index in [-0.39, 0.29) is 6.04 Å². The molecule has 23 heavy (non-hydrogen) atoms. The summed E-state index contributed by atoms with van der Waals surface area (Å²) < 4.78 is 38.9. The lowest BCUT2D eigenvalue weighted by atomic mass is 10.0. The Morgan fingerprint density at radius 2 is 1.87 bits per heavy atom. The smallest absolute Gasteiger partial charge is 0.388 e. The van der Waals surface area contributed by atoms with E-state index in [1.807, 2.05) is 24.3 Å². The molecule has 2 aromatic rings. The van der Waals surface area contributed by atoms with Crippen molar-refractivity contribution in [2.24, 2.45) is 0 Å². The van der Waals surface area contributed by atoms with Gasteiger partial charge in [-0.25, -0.2) is 0 Å². The van der Waals surface area contributed by atoms with Gasteiger partial charge in [0.25, 0.3) is 0 Å². The fraction of sp³-hybridized carbons (Fsp3) is 0.333. The van der Waals surface area contributed by atoms with Crippen molar-refractivity contribution in [2.45, 2.75) is 31.7 Å². The number of fused-ring (bicyclic) bond motifs is 1. The molecular formula is C18H17F3NO. The van der Waals surface area contributed by atoms with Crippen LogP contribution in [0.15, 0.2) is 36.4 Å².